The van der Waals surface area contributed by atoms with Crippen molar-refractivity contribution in [1.29, 1.82) is 0 Å². The van der Waals surface area contributed by atoms with E-state index in [-0.39, 0.29) is 18.3 Å². The van der Waals surface area contributed by atoms with Crippen LogP contribution in [0.3, 0.4) is 0 Å². The van der Waals surface area contributed by atoms with E-state index in [9.17, 15) is 14.3 Å². The summed E-state index contributed by atoms with van der Waals surface area (Å²) >= 11 is 0. The molecule has 2 aliphatic carbocycles. The number of carbonyl (C=O) groups excluding carboxylic acids is 1. The van der Waals surface area contributed by atoms with Gasteiger partial charge in [0.15, 0.2) is 0 Å². The lowest BCUT2D eigenvalue weighted by Crippen LogP contribution is -2.39. The van der Waals surface area contributed by atoms with Crippen LogP contribution in [0.2, 0.25) is 0 Å². The Morgan fingerprint density at radius 1 is 1.57 bits per heavy atom. The van der Waals surface area contributed by atoms with Crippen LogP contribution < -0.4 is 0 Å². The normalized spacial score (nSPS) is 46.4. The Kier molecular flexibility index (Phi) is 2.26. The van der Waals surface area contributed by atoms with Crippen molar-refractivity contribution in [2.75, 3.05) is 7.11 Å². The Morgan fingerprint density at radius 2 is 2.29 bits per heavy atom. The zero-order valence-corrected chi connectivity index (χ0v) is 8.20. The van der Waals surface area contributed by atoms with Crippen molar-refractivity contribution in [1.82, 2.24) is 0 Å². The van der Waals surface area contributed by atoms with Crippen LogP contribution in [0.1, 0.15) is 25.7 Å². The molecule has 4 unspecified atom stereocenters. The van der Waals surface area contributed by atoms with E-state index in [0.29, 0.717) is 19.3 Å². The van der Waals surface area contributed by atoms with E-state index in [1.165, 1.54) is 7.11 Å². The van der Waals surface area contributed by atoms with Crippen molar-refractivity contribution in [3.8, 4) is 0 Å². The van der Waals surface area contributed by atoms with Gasteiger partial charge in [0, 0.05) is 5.92 Å². The number of fused-ring (bicyclic) bond motifs is 1. The molecule has 0 bridgehead atoms. The monoisotopic (exact) mass is 202 g/mol. The van der Waals surface area contributed by atoms with E-state index in [4.69, 9.17) is 0 Å². The molecule has 0 saturated heterocycles. The summed E-state index contributed by atoms with van der Waals surface area (Å²) in [6, 6.07) is 0. The van der Waals surface area contributed by atoms with Gasteiger partial charge in [0.2, 0.25) is 5.67 Å². The van der Waals surface area contributed by atoms with Crippen LogP contribution in [0.25, 0.3) is 0 Å². The molecule has 0 aromatic carbocycles. The molecule has 0 aromatic rings. The predicted octanol–water partition coefficient (Wildman–Crippen LogP) is 1.05. The quantitative estimate of drug-likeness (QED) is 0.646. The van der Waals surface area contributed by atoms with Gasteiger partial charge in [-0.2, -0.15) is 0 Å². The van der Waals surface area contributed by atoms with Gasteiger partial charge < -0.3 is 9.84 Å². The topological polar surface area (TPSA) is 46.5 Å². The molecule has 14 heavy (non-hydrogen) atoms. The van der Waals surface area contributed by atoms with Crippen molar-refractivity contribution in [2.45, 2.75) is 37.5 Å². The number of halogens is 1. The molecule has 4 atom stereocenters. The van der Waals surface area contributed by atoms with E-state index in [1.807, 2.05) is 0 Å². The number of hydrogen-bond donors (Lipinski definition) is 1. The van der Waals surface area contributed by atoms with Gasteiger partial charge >= 0.3 is 5.97 Å². The first kappa shape index (κ1) is 9.90. The van der Waals surface area contributed by atoms with Gasteiger partial charge in [-0.3, -0.25) is 0 Å². The summed E-state index contributed by atoms with van der Waals surface area (Å²) in [4.78, 5) is 11.3. The molecule has 0 spiro atoms. The third-order valence-electron chi connectivity index (χ3n) is 3.66. The highest BCUT2D eigenvalue weighted by molar-refractivity contribution is 5.80. The highest BCUT2D eigenvalue weighted by Crippen LogP contribution is 2.52. The van der Waals surface area contributed by atoms with E-state index in [1.54, 1.807) is 0 Å². The summed E-state index contributed by atoms with van der Waals surface area (Å²) in [5.41, 5.74) is -1.84. The highest BCUT2D eigenvalue weighted by atomic mass is 19.1. The molecular formula is C10H15FO3. The van der Waals surface area contributed by atoms with Gasteiger partial charge in [-0.25, -0.2) is 9.18 Å². The smallest absolute Gasteiger partial charge is 0.343 e. The predicted molar refractivity (Wildman–Crippen MR) is 47.3 cm³/mol. The lowest BCUT2D eigenvalue weighted by molar-refractivity contribution is -0.157. The van der Waals surface area contributed by atoms with E-state index in [2.05, 4.69) is 4.74 Å². The van der Waals surface area contributed by atoms with Crippen molar-refractivity contribution in [2.24, 2.45) is 11.8 Å². The summed E-state index contributed by atoms with van der Waals surface area (Å²) < 4.78 is 18.7. The summed E-state index contributed by atoms with van der Waals surface area (Å²) in [6.45, 7) is 0. The first-order valence-electron chi connectivity index (χ1n) is 5.03. The minimum Gasteiger partial charge on any atom is -0.467 e. The van der Waals surface area contributed by atoms with Crippen LogP contribution in [-0.4, -0.2) is 30.0 Å². The Bertz CT molecular complexity index is 256. The molecule has 0 aromatic heterocycles. The zero-order valence-electron chi connectivity index (χ0n) is 8.20. The molecular weight excluding hydrogens is 187 g/mol. The van der Waals surface area contributed by atoms with Crippen LogP contribution in [0.5, 0.6) is 0 Å². The molecule has 4 heteroatoms. The molecule has 1 N–H and O–H groups in total. The van der Waals surface area contributed by atoms with Crippen LogP contribution in [-0.2, 0) is 9.53 Å². The molecule has 0 heterocycles. The van der Waals surface area contributed by atoms with E-state index in [0.717, 1.165) is 0 Å². The first-order chi connectivity index (χ1) is 6.58. The molecule has 0 aliphatic heterocycles. The second-order valence-electron chi connectivity index (χ2n) is 4.38. The fourth-order valence-corrected chi connectivity index (χ4v) is 2.98. The third-order valence-corrected chi connectivity index (χ3v) is 3.66. The fraction of sp³-hybridized carbons (Fsp3) is 0.900. The average Bonchev–Trinajstić information content (AvgIpc) is 2.66. The van der Waals surface area contributed by atoms with Gasteiger partial charge in [0.25, 0.3) is 0 Å². The van der Waals surface area contributed by atoms with Crippen molar-refractivity contribution in [3.63, 3.8) is 0 Å². The van der Waals surface area contributed by atoms with Crippen LogP contribution in [0, 0.1) is 11.8 Å². The number of aliphatic hydroxyl groups excluding tert-OH is 1. The molecule has 3 nitrogen and oxygen atoms in total. The Morgan fingerprint density at radius 3 is 2.93 bits per heavy atom. The summed E-state index contributed by atoms with van der Waals surface area (Å²) in [5.74, 6) is -0.932. The van der Waals surface area contributed by atoms with Gasteiger partial charge in [0.05, 0.1) is 13.2 Å². The largest absolute Gasteiger partial charge is 0.467 e. The first-order valence-corrected chi connectivity index (χ1v) is 5.03. The van der Waals surface area contributed by atoms with Crippen molar-refractivity contribution in [3.05, 3.63) is 0 Å². The summed E-state index contributed by atoms with van der Waals surface area (Å²) in [5, 5.41) is 9.40. The highest BCUT2D eigenvalue weighted by Gasteiger charge is 2.58. The minimum absolute atomic E-state index is 0.161. The maximum Gasteiger partial charge on any atom is 0.343 e. The van der Waals surface area contributed by atoms with Gasteiger partial charge in [0.1, 0.15) is 0 Å². The summed E-state index contributed by atoms with van der Waals surface area (Å²) in [6.07, 6.45) is 1.53. The lowest BCUT2D eigenvalue weighted by Gasteiger charge is -2.23. The van der Waals surface area contributed by atoms with Gasteiger partial charge in [-0.15, -0.1) is 0 Å². The fourth-order valence-electron chi connectivity index (χ4n) is 2.98. The Balaban J connectivity index is 2.18. The maximum absolute atomic E-state index is 14.2. The number of ether oxygens (including phenoxy) is 1. The van der Waals surface area contributed by atoms with Crippen LogP contribution in [0.4, 0.5) is 4.39 Å². The number of methoxy groups -OCH3 is 1. The van der Waals surface area contributed by atoms with E-state index >= 15 is 0 Å². The zero-order chi connectivity index (χ0) is 10.3. The second kappa shape index (κ2) is 3.19. The molecule has 0 radical (unpaired) electrons. The van der Waals surface area contributed by atoms with E-state index < -0.39 is 17.7 Å². The molecule has 2 fully saturated rings. The standard InChI is InChI=1S/C10H15FO3/c1-14-9(13)10(11)3-2-6-4-7(12)5-8(6)10/h6-8,12H,2-5H2,1H3. The number of alkyl halides is 1. The van der Waals surface area contributed by atoms with Crippen molar-refractivity contribution < 1.29 is 19.0 Å². The average molecular weight is 202 g/mol. The minimum atomic E-state index is -1.84. The number of aliphatic hydroxyl groups is 1. The number of carbonyl (C=O) groups is 1. The molecule has 2 rings (SSSR count). The lowest BCUT2D eigenvalue weighted by atomic mass is 9.89. The SMILES string of the molecule is COC(=O)C1(F)CCC2CC(O)CC21. The van der Waals surface area contributed by atoms with Crippen LogP contribution in [0.15, 0.2) is 0 Å². The molecule has 2 saturated carbocycles. The Labute approximate surface area is 82.2 Å². The maximum atomic E-state index is 14.2. The number of hydrogen-bond acceptors (Lipinski definition) is 3. The summed E-state index contributed by atoms with van der Waals surface area (Å²) in [7, 11) is 1.21. The molecule has 0 amide bonds. The van der Waals surface area contributed by atoms with Gasteiger partial charge in [-0.1, -0.05) is 0 Å². The molecule has 2 aliphatic rings. The Hall–Kier alpha value is -0.640. The van der Waals surface area contributed by atoms with Crippen molar-refractivity contribution >= 4 is 5.97 Å². The van der Waals surface area contributed by atoms with Gasteiger partial charge in [-0.05, 0) is 31.6 Å². The third kappa shape index (κ3) is 1.24. The second-order valence-corrected chi connectivity index (χ2v) is 4.38. The van der Waals surface area contributed by atoms with Crippen LogP contribution >= 0.6 is 0 Å². The molecule has 80 valence electrons. The number of esters is 1. The number of rotatable bonds is 1.